The summed E-state index contributed by atoms with van der Waals surface area (Å²) >= 11 is 0. The van der Waals surface area contributed by atoms with Gasteiger partial charge in [-0.2, -0.15) is 0 Å². The summed E-state index contributed by atoms with van der Waals surface area (Å²) in [5, 5.41) is 16.5. The minimum Gasteiger partial charge on any atom is -0.484 e. The predicted molar refractivity (Wildman–Crippen MR) is 128 cm³/mol. The Labute approximate surface area is 233 Å². The van der Waals surface area contributed by atoms with Crippen molar-refractivity contribution in [2.45, 2.75) is 61.9 Å². The Morgan fingerprint density at radius 3 is 2.12 bits per heavy atom. The maximum absolute atomic E-state index is 13.9. The van der Waals surface area contributed by atoms with Crippen molar-refractivity contribution in [1.29, 1.82) is 0 Å². The number of fused-ring (bicyclic) bond motifs is 4. The van der Waals surface area contributed by atoms with Gasteiger partial charge in [0.05, 0.1) is 11.6 Å². The van der Waals surface area contributed by atoms with Crippen molar-refractivity contribution in [2.75, 3.05) is 13.2 Å². The summed E-state index contributed by atoms with van der Waals surface area (Å²) in [6.07, 6.45) is -8.29. The molecule has 1 heterocycles. The summed E-state index contributed by atoms with van der Waals surface area (Å²) in [6, 6.07) is 6.11. The van der Waals surface area contributed by atoms with Gasteiger partial charge in [-0.1, -0.05) is 0 Å². The van der Waals surface area contributed by atoms with Crippen LogP contribution in [0.4, 0.5) is 26.3 Å². The topological polar surface area (TPSA) is 125 Å². The number of hydrogen-bond acceptors (Lipinski definition) is 8. The highest BCUT2D eigenvalue weighted by Crippen LogP contribution is 2.47. The zero-order valence-corrected chi connectivity index (χ0v) is 21.6. The molecule has 2 bridgehead atoms. The lowest BCUT2D eigenvalue weighted by Crippen LogP contribution is -2.70. The molecular formula is C26H24F6N2O8. The molecule has 1 aliphatic heterocycles. The fourth-order valence-corrected chi connectivity index (χ4v) is 5.40. The van der Waals surface area contributed by atoms with Crippen molar-refractivity contribution in [3.05, 3.63) is 42.2 Å². The van der Waals surface area contributed by atoms with Crippen LogP contribution in [-0.4, -0.2) is 60.0 Å². The van der Waals surface area contributed by atoms with Gasteiger partial charge in [0.25, 0.3) is 11.8 Å². The van der Waals surface area contributed by atoms with E-state index in [2.05, 4.69) is 24.8 Å². The highest BCUT2D eigenvalue weighted by molar-refractivity contribution is 5.79. The number of benzene rings is 2. The third kappa shape index (κ3) is 6.53. The Hall–Kier alpha value is -4.08. The summed E-state index contributed by atoms with van der Waals surface area (Å²) in [5.41, 5.74) is -1.74. The van der Waals surface area contributed by atoms with E-state index in [0.717, 1.165) is 18.2 Å². The first-order valence-corrected chi connectivity index (χ1v) is 12.7. The number of carbonyl (C=O) groups is 2. The molecule has 3 N–H and O–H groups in total. The quantitative estimate of drug-likeness (QED) is 0.371. The maximum atomic E-state index is 13.9. The van der Waals surface area contributed by atoms with E-state index in [1.165, 1.54) is 12.1 Å². The lowest BCUT2D eigenvalue weighted by atomic mass is 9.60. The van der Waals surface area contributed by atoms with Gasteiger partial charge in [0, 0.05) is 17.7 Å². The normalized spacial score (nSPS) is 25.5. The molecular weight excluding hydrogens is 582 g/mol. The third-order valence-electron chi connectivity index (χ3n) is 7.36. The molecule has 4 aliphatic rings. The van der Waals surface area contributed by atoms with Crippen LogP contribution in [-0.2, 0) is 9.59 Å². The van der Waals surface area contributed by atoms with Crippen LogP contribution in [0.15, 0.2) is 36.4 Å². The molecule has 10 nitrogen and oxygen atoms in total. The molecule has 6 rings (SSSR count). The van der Waals surface area contributed by atoms with Gasteiger partial charge in [-0.05, 0) is 56.4 Å². The molecule has 2 aromatic carbocycles. The van der Waals surface area contributed by atoms with Crippen LogP contribution in [0.25, 0.3) is 0 Å². The summed E-state index contributed by atoms with van der Waals surface area (Å²) in [5.74, 6) is -4.02. The second-order valence-corrected chi connectivity index (χ2v) is 10.2. The molecule has 0 radical (unpaired) electrons. The average molecular weight is 606 g/mol. The third-order valence-corrected chi connectivity index (χ3v) is 7.36. The van der Waals surface area contributed by atoms with Crippen LogP contribution in [0.3, 0.4) is 0 Å². The van der Waals surface area contributed by atoms with Crippen LogP contribution >= 0.6 is 0 Å². The molecule has 3 fully saturated rings. The number of ether oxygens (including phenoxy) is 5. The first-order valence-electron chi connectivity index (χ1n) is 12.7. The van der Waals surface area contributed by atoms with Crippen molar-refractivity contribution >= 4 is 11.8 Å². The number of aliphatic hydroxyl groups excluding tert-OH is 1. The minimum absolute atomic E-state index is 0.0906. The van der Waals surface area contributed by atoms with E-state index in [1.54, 1.807) is 0 Å². The van der Waals surface area contributed by atoms with Gasteiger partial charge < -0.3 is 39.4 Å². The van der Waals surface area contributed by atoms with Gasteiger partial charge in [-0.15, -0.1) is 22.0 Å². The number of alkyl halides is 5. The molecule has 0 spiro atoms. The monoisotopic (exact) mass is 606 g/mol. The molecule has 0 saturated heterocycles. The fourth-order valence-electron chi connectivity index (χ4n) is 5.40. The van der Waals surface area contributed by atoms with Gasteiger partial charge in [-0.3, -0.25) is 9.59 Å². The number of nitrogens with one attached hydrogen (secondary N) is 2. The van der Waals surface area contributed by atoms with E-state index in [-0.39, 0.29) is 29.4 Å². The number of carbonyl (C=O) groups excluding carboxylic acids is 2. The molecule has 42 heavy (non-hydrogen) atoms. The molecule has 16 heteroatoms. The van der Waals surface area contributed by atoms with E-state index >= 15 is 0 Å². The molecule has 3 saturated carbocycles. The fraction of sp³-hybridized carbons (Fsp3) is 0.462. The van der Waals surface area contributed by atoms with E-state index in [9.17, 15) is 41.0 Å². The second-order valence-electron chi connectivity index (χ2n) is 10.2. The Morgan fingerprint density at radius 2 is 1.50 bits per heavy atom. The zero-order chi connectivity index (χ0) is 30.3. The zero-order valence-electron chi connectivity index (χ0n) is 21.6. The maximum Gasteiger partial charge on any atom is 0.586 e. The SMILES string of the molecule is O=C(COc1ccc(OC(F)(F)F)c(F)c1)NC12CCC(NC(=O)COc3ccc4c(c3)OC(F)(F)O4)(CC1)C(O)C2. The van der Waals surface area contributed by atoms with Crippen molar-refractivity contribution in [1.82, 2.24) is 10.6 Å². The highest BCUT2D eigenvalue weighted by Gasteiger charge is 2.55. The minimum atomic E-state index is -5.07. The number of halogens is 6. The largest absolute Gasteiger partial charge is 0.586 e. The number of hydrogen-bond donors (Lipinski definition) is 3. The second kappa shape index (κ2) is 10.6. The molecule has 228 valence electrons. The standard InChI is InChI=1S/C26H24F6N2O8/c27-16-9-14(1-3-17(16)40-25(28,29)30)38-12-21(36)33-23-5-7-24(8-6-23,20(35)11-23)34-22(37)13-39-15-2-4-18-19(10-15)42-26(31,32)41-18/h1-4,9-10,20,35H,5-8,11-13H2,(H,33,36)(H,34,37). The van der Waals surface area contributed by atoms with Crippen LogP contribution in [0.1, 0.15) is 32.1 Å². The lowest BCUT2D eigenvalue weighted by molar-refractivity contribution is -0.286. The summed E-state index contributed by atoms with van der Waals surface area (Å²) in [4.78, 5) is 25.2. The van der Waals surface area contributed by atoms with Crippen molar-refractivity contribution in [2.24, 2.45) is 0 Å². The van der Waals surface area contributed by atoms with E-state index < -0.39 is 66.4 Å². The van der Waals surface area contributed by atoms with E-state index in [4.69, 9.17) is 9.47 Å². The molecule has 2 amide bonds. The van der Waals surface area contributed by atoms with Gasteiger partial charge in [-0.25, -0.2) is 4.39 Å². The smallest absolute Gasteiger partial charge is 0.484 e. The number of aliphatic hydroxyl groups is 1. The summed E-state index contributed by atoms with van der Waals surface area (Å²) in [6.45, 7) is -1.03. The van der Waals surface area contributed by atoms with Crippen molar-refractivity contribution in [3.8, 4) is 28.7 Å². The van der Waals surface area contributed by atoms with Crippen molar-refractivity contribution < 1.29 is 64.7 Å². The van der Waals surface area contributed by atoms with Crippen LogP contribution < -0.4 is 34.3 Å². The van der Waals surface area contributed by atoms with Gasteiger partial charge >= 0.3 is 12.7 Å². The van der Waals surface area contributed by atoms with E-state index in [1.807, 2.05) is 0 Å². The summed E-state index contributed by atoms with van der Waals surface area (Å²) < 4.78 is 99.9. The first-order chi connectivity index (χ1) is 19.6. The van der Waals surface area contributed by atoms with Crippen LogP contribution in [0.2, 0.25) is 0 Å². The molecule has 3 aliphatic carbocycles. The van der Waals surface area contributed by atoms with Gasteiger partial charge in [0.2, 0.25) is 0 Å². The molecule has 2 aromatic rings. The van der Waals surface area contributed by atoms with Crippen molar-refractivity contribution in [3.63, 3.8) is 0 Å². The Kier molecular flexibility index (Phi) is 7.45. The lowest BCUT2D eigenvalue weighted by Gasteiger charge is -2.56. The van der Waals surface area contributed by atoms with Crippen LogP contribution in [0, 0.1) is 5.82 Å². The Morgan fingerprint density at radius 1 is 0.905 bits per heavy atom. The van der Waals surface area contributed by atoms with Crippen LogP contribution in [0.5, 0.6) is 28.7 Å². The Balaban J connectivity index is 1.09. The predicted octanol–water partition coefficient (Wildman–Crippen LogP) is 3.55. The highest BCUT2D eigenvalue weighted by atomic mass is 19.4. The molecule has 1 atom stereocenters. The van der Waals surface area contributed by atoms with Gasteiger partial charge in [0.15, 0.2) is 36.3 Å². The first kappa shape index (κ1) is 29.4. The molecule has 0 aromatic heterocycles. The molecule has 1 unspecified atom stereocenters. The number of rotatable bonds is 9. The van der Waals surface area contributed by atoms with Gasteiger partial charge in [0.1, 0.15) is 11.5 Å². The van der Waals surface area contributed by atoms with E-state index in [0.29, 0.717) is 31.7 Å². The Bertz CT molecular complexity index is 1360. The number of amides is 2. The average Bonchev–Trinajstić information content (AvgIpc) is 3.21. The summed E-state index contributed by atoms with van der Waals surface area (Å²) in [7, 11) is 0.